The van der Waals surface area contributed by atoms with Gasteiger partial charge in [-0.25, -0.2) is 4.39 Å². The number of amides is 2. The molecule has 0 N–H and O–H groups in total. The van der Waals surface area contributed by atoms with Crippen molar-refractivity contribution in [1.82, 2.24) is 9.80 Å². The van der Waals surface area contributed by atoms with E-state index < -0.39 is 5.41 Å². The zero-order valence-electron chi connectivity index (χ0n) is 19.8. The van der Waals surface area contributed by atoms with Gasteiger partial charge in [0.15, 0.2) is 0 Å². The summed E-state index contributed by atoms with van der Waals surface area (Å²) in [4.78, 5) is 31.1. The Morgan fingerprint density at radius 1 is 1.03 bits per heavy atom. The van der Waals surface area contributed by atoms with E-state index in [4.69, 9.17) is 4.74 Å². The van der Waals surface area contributed by atoms with Crippen LogP contribution in [-0.4, -0.2) is 61.0 Å². The predicted octanol–water partition coefficient (Wildman–Crippen LogP) is 3.96. The topological polar surface area (TPSA) is 49.9 Å². The third kappa shape index (κ3) is 4.02. The summed E-state index contributed by atoms with van der Waals surface area (Å²) in [5.41, 5.74) is 0.846. The standard InChI is InChI=1S/C28H33FN2O3/c1-30-24(18-21-6-3-2-4-7-21)20-27(25(30)32)10-14-31(15-11-27)26(33)28(12-16-34-17-13-28)22-8-5-9-23(29)19-22/h2-9,19,24H,10-18,20H2,1H3. The monoisotopic (exact) mass is 464 g/mol. The first kappa shape index (κ1) is 23.0. The molecule has 180 valence electrons. The van der Waals surface area contributed by atoms with Crippen LogP contribution in [0.3, 0.4) is 0 Å². The molecule has 1 unspecified atom stereocenters. The van der Waals surface area contributed by atoms with Crippen molar-refractivity contribution in [2.45, 2.75) is 50.0 Å². The first-order valence-corrected chi connectivity index (χ1v) is 12.4. The third-order valence-corrected chi connectivity index (χ3v) is 8.40. The molecule has 5 nitrogen and oxygen atoms in total. The second-order valence-corrected chi connectivity index (χ2v) is 10.2. The quantitative estimate of drug-likeness (QED) is 0.688. The normalized spacial score (nSPS) is 23.9. The number of carbonyl (C=O) groups excluding carboxylic acids is 2. The van der Waals surface area contributed by atoms with E-state index in [0.29, 0.717) is 52.0 Å². The van der Waals surface area contributed by atoms with E-state index in [9.17, 15) is 14.0 Å². The zero-order chi connectivity index (χ0) is 23.8. The lowest BCUT2D eigenvalue weighted by atomic mass is 9.71. The Morgan fingerprint density at radius 2 is 1.74 bits per heavy atom. The summed E-state index contributed by atoms with van der Waals surface area (Å²) < 4.78 is 19.6. The summed E-state index contributed by atoms with van der Waals surface area (Å²) in [6, 6.07) is 17.0. The van der Waals surface area contributed by atoms with Crippen LogP contribution in [0.4, 0.5) is 4.39 Å². The number of carbonyl (C=O) groups is 2. The van der Waals surface area contributed by atoms with Crippen LogP contribution >= 0.6 is 0 Å². The minimum absolute atomic E-state index is 0.0517. The molecule has 2 aromatic carbocycles. The molecule has 1 atom stereocenters. The number of likely N-dealkylation sites (tertiary alicyclic amines) is 2. The lowest BCUT2D eigenvalue weighted by Crippen LogP contribution is -2.54. The Kier molecular flexibility index (Phi) is 6.19. The van der Waals surface area contributed by atoms with Crippen molar-refractivity contribution in [3.05, 3.63) is 71.5 Å². The van der Waals surface area contributed by atoms with Crippen LogP contribution in [0.1, 0.15) is 43.2 Å². The first-order chi connectivity index (χ1) is 16.4. The minimum atomic E-state index is -0.753. The number of hydrogen-bond donors (Lipinski definition) is 0. The van der Waals surface area contributed by atoms with Crippen molar-refractivity contribution >= 4 is 11.8 Å². The van der Waals surface area contributed by atoms with Gasteiger partial charge in [-0.05, 0) is 61.8 Å². The number of rotatable bonds is 4. The van der Waals surface area contributed by atoms with Gasteiger partial charge >= 0.3 is 0 Å². The number of hydrogen-bond acceptors (Lipinski definition) is 3. The molecule has 0 saturated carbocycles. The Hall–Kier alpha value is -2.73. The third-order valence-electron chi connectivity index (χ3n) is 8.40. The molecule has 0 bridgehead atoms. The highest BCUT2D eigenvalue weighted by atomic mass is 19.1. The Balaban J connectivity index is 1.31. The largest absolute Gasteiger partial charge is 0.381 e. The van der Waals surface area contributed by atoms with Crippen molar-refractivity contribution in [1.29, 1.82) is 0 Å². The molecular formula is C28H33FN2O3. The van der Waals surface area contributed by atoms with E-state index in [1.54, 1.807) is 6.07 Å². The van der Waals surface area contributed by atoms with Gasteiger partial charge in [-0.15, -0.1) is 0 Å². The maximum Gasteiger partial charge on any atom is 0.233 e. The maximum atomic E-state index is 14.1. The van der Waals surface area contributed by atoms with Crippen LogP contribution < -0.4 is 0 Å². The first-order valence-electron chi connectivity index (χ1n) is 12.4. The lowest BCUT2D eigenvalue weighted by molar-refractivity contribution is -0.147. The van der Waals surface area contributed by atoms with Gasteiger partial charge in [-0.1, -0.05) is 42.5 Å². The molecule has 2 amide bonds. The molecule has 3 fully saturated rings. The molecule has 3 saturated heterocycles. The summed E-state index contributed by atoms with van der Waals surface area (Å²) in [5.74, 6) is -0.0554. The summed E-state index contributed by atoms with van der Waals surface area (Å²) in [6.45, 7) is 2.11. The van der Waals surface area contributed by atoms with Crippen molar-refractivity contribution < 1.29 is 18.7 Å². The SMILES string of the molecule is CN1C(=O)C2(CCN(C(=O)C3(c4cccc(F)c4)CCOCC3)CC2)CC1Cc1ccccc1. The molecule has 0 radical (unpaired) electrons. The Labute approximate surface area is 200 Å². The molecule has 0 aromatic heterocycles. The fourth-order valence-electron chi connectivity index (χ4n) is 6.30. The Bertz CT molecular complexity index is 1040. The summed E-state index contributed by atoms with van der Waals surface area (Å²) >= 11 is 0. The highest BCUT2D eigenvalue weighted by molar-refractivity contribution is 5.89. The average Bonchev–Trinajstić information content (AvgIpc) is 3.09. The van der Waals surface area contributed by atoms with Crippen molar-refractivity contribution in [2.24, 2.45) is 5.41 Å². The van der Waals surface area contributed by atoms with Gasteiger partial charge in [-0.3, -0.25) is 9.59 Å². The number of nitrogens with zero attached hydrogens (tertiary/aromatic N) is 2. The molecule has 3 heterocycles. The van der Waals surface area contributed by atoms with Crippen LogP contribution in [0.25, 0.3) is 0 Å². The zero-order valence-corrected chi connectivity index (χ0v) is 19.8. The second-order valence-electron chi connectivity index (χ2n) is 10.2. The minimum Gasteiger partial charge on any atom is -0.381 e. The number of likely N-dealkylation sites (N-methyl/N-ethyl adjacent to an activating group) is 1. The smallest absolute Gasteiger partial charge is 0.233 e. The summed E-state index contributed by atoms with van der Waals surface area (Å²) in [5, 5.41) is 0. The van der Waals surface area contributed by atoms with Gasteiger partial charge in [0.25, 0.3) is 0 Å². The molecule has 2 aromatic rings. The number of halogens is 1. The van der Waals surface area contributed by atoms with Crippen LogP contribution in [0.15, 0.2) is 54.6 Å². The summed E-state index contributed by atoms with van der Waals surface area (Å²) in [6.07, 6.45) is 4.17. The van der Waals surface area contributed by atoms with E-state index in [2.05, 4.69) is 12.1 Å². The van der Waals surface area contributed by atoms with Gasteiger partial charge in [0.2, 0.25) is 11.8 Å². The van der Waals surface area contributed by atoms with Crippen LogP contribution in [0.2, 0.25) is 0 Å². The van der Waals surface area contributed by atoms with Crippen LogP contribution in [0, 0.1) is 11.2 Å². The molecule has 5 rings (SSSR count). The second kappa shape index (κ2) is 9.14. The summed E-state index contributed by atoms with van der Waals surface area (Å²) in [7, 11) is 1.92. The molecule has 0 aliphatic carbocycles. The molecule has 34 heavy (non-hydrogen) atoms. The molecule has 3 aliphatic heterocycles. The van der Waals surface area contributed by atoms with Gasteiger partial charge in [-0.2, -0.15) is 0 Å². The van der Waals surface area contributed by atoms with Crippen molar-refractivity contribution in [3.63, 3.8) is 0 Å². The molecule has 6 heteroatoms. The predicted molar refractivity (Wildman–Crippen MR) is 128 cm³/mol. The fraction of sp³-hybridized carbons (Fsp3) is 0.500. The van der Waals surface area contributed by atoms with Crippen molar-refractivity contribution in [3.8, 4) is 0 Å². The van der Waals surface area contributed by atoms with E-state index in [-0.39, 0.29) is 29.1 Å². The number of piperidine rings is 1. The van der Waals surface area contributed by atoms with E-state index in [1.165, 1.54) is 17.7 Å². The van der Waals surface area contributed by atoms with Gasteiger partial charge in [0.05, 0.1) is 10.8 Å². The van der Waals surface area contributed by atoms with Gasteiger partial charge < -0.3 is 14.5 Å². The van der Waals surface area contributed by atoms with Gasteiger partial charge in [0.1, 0.15) is 5.82 Å². The average molecular weight is 465 g/mol. The van der Waals surface area contributed by atoms with Crippen LogP contribution in [0.5, 0.6) is 0 Å². The van der Waals surface area contributed by atoms with E-state index in [1.807, 2.05) is 41.1 Å². The molecular weight excluding hydrogens is 431 g/mol. The highest BCUT2D eigenvalue weighted by Crippen LogP contribution is 2.46. The molecule has 1 spiro atoms. The number of benzene rings is 2. The fourth-order valence-corrected chi connectivity index (χ4v) is 6.30. The van der Waals surface area contributed by atoms with E-state index in [0.717, 1.165) is 18.4 Å². The van der Waals surface area contributed by atoms with Crippen molar-refractivity contribution in [2.75, 3.05) is 33.4 Å². The highest BCUT2D eigenvalue weighted by Gasteiger charge is 2.53. The van der Waals surface area contributed by atoms with E-state index >= 15 is 0 Å². The lowest BCUT2D eigenvalue weighted by Gasteiger charge is -2.44. The van der Waals surface area contributed by atoms with Gasteiger partial charge in [0, 0.05) is 39.4 Å². The Morgan fingerprint density at radius 3 is 2.41 bits per heavy atom. The maximum absolute atomic E-state index is 14.1. The molecule has 3 aliphatic rings. The number of ether oxygens (including phenoxy) is 1. The van der Waals surface area contributed by atoms with Crippen LogP contribution in [-0.2, 0) is 26.2 Å².